The van der Waals surface area contributed by atoms with Crippen LogP contribution in [0.3, 0.4) is 0 Å². The predicted octanol–water partition coefficient (Wildman–Crippen LogP) is 1.89. The molecule has 3 heteroatoms. The molecule has 0 spiro atoms. The lowest BCUT2D eigenvalue weighted by molar-refractivity contribution is 0.0744. The summed E-state index contributed by atoms with van der Waals surface area (Å²) in [5.74, 6) is 0. The highest BCUT2D eigenvalue weighted by Crippen LogP contribution is 2.27. The van der Waals surface area contributed by atoms with Crippen LogP contribution >= 0.6 is 0 Å². The van der Waals surface area contributed by atoms with Crippen molar-refractivity contribution in [2.75, 3.05) is 39.8 Å². The smallest absolute Gasteiger partial charge is 0.0628 e. The van der Waals surface area contributed by atoms with Crippen molar-refractivity contribution in [3.63, 3.8) is 0 Å². The van der Waals surface area contributed by atoms with Crippen molar-refractivity contribution >= 4 is 0 Å². The summed E-state index contributed by atoms with van der Waals surface area (Å²) in [6.07, 6.45) is 0. The fourth-order valence-corrected chi connectivity index (χ4v) is 2.88. The molecule has 0 bridgehead atoms. The average Bonchev–Trinajstić information content (AvgIpc) is 2.41. The van der Waals surface area contributed by atoms with E-state index in [9.17, 15) is 5.11 Å². The Bertz CT molecular complexity index is 437. The normalized spacial score (nSPS) is 19.6. The summed E-state index contributed by atoms with van der Waals surface area (Å²) in [6.45, 7) is 10.9. The van der Waals surface area contributed by atoms with Crippen LogP contribution in [0.2, 0.25) is 0 Å². The lowest BCUT2D eigenvalue weighted by Crippen LogP contribution is -2.46. The lowest BCUT2D eigenvalue weighted by atomic mass is 9.93. The molecule has 0 saturated carbocycles. The van der Waals surface area contributed by atoms with Gasteiger partial charge in [0.05, 0.1) is 12.6 Å². The number of rotatable bonds is 3. The quantitative estimate of drug-likeness (QED) is 0.901. The fraction of sp³-hybridized carbons (Fsp3) is 0.625. The monoisotopic (exact) mass is 262 g/mol. The second-order valence-corrected chi connectivity index (χ2v) is 5.76. The van der Waals surface area contributed by atoms with Crippen LogP contribution in [0, 0.1) is 20.8 Å². The van der Waals surface area contributed by atoms with Crippen LogP contribution in [0.1, 0.15) is 28.3 Å². The van der Waals surface area contributed by atoms with Gasteiger partial charge in [0.1, 0.15) is 0 Å². The van der Waals surface area contributed by atoms with Crippen molar-refractivity contribution in [2.24, 2.45) is 0 Å². The van der Waals surface area contributed by atoms with E-state index in [2.05, 4.69) is 49.8 Å². The minimum absolute atomic E-state index is 0.146. The third-order valence-corrected chi connectivity index (χ3v) is 4.61. The lowest BCUT2D eigenvalue weighted by Gasteiger charge is -2.38. The van der Waals surface area contributed by atoms with Gasteiger partial charge in [0.25, 0.3) is 0 Å². The van der Waals surface area contributed by atoms with E-state index in [0.29, 0.717) is 0 Å². The SMILES string of the molecule is Cc1ccc(C(CO)N2CCN(C)CC2)c(C)c1C. The van der Waals surface area contributed by atoms with E-state index in [1.807, 2.05) is 0 Å². The molecule has 1 fully saturated rings. The second kappa shape index (κ2) is 6.04. The van der Waals surface area contributed by atoms with Gasteiger partial charge < -0.3 is 10.0 Å². The third-order valence-electron chi connectivity index (χ3n) is 4.61. The fourth-order valence-electron chi connectivity index (χ4n) is 2.88. The van der Waals surface area contributed by atoms with Gasteiger partial charge in [-0.2, -0.15) is 0 Å². The van der Waals surface area contributed by atoms with Gasteiger partial charge in [-0.3, -0.25) is 4.90 Å². The molecule has 0 radical (unpaired) electrons. The van der Waals surface area contributed by atoms with E-state index in [1.165, 1.54) is 22.3 Å². The van der Waals surface area contributed by atoms with E-state index in [1.54, 1.807) is 0 Å². The number of aliphatic hydroxyl groups is 1. The molecule has 0 aliphatic carbocycles. The van der Waals surface area contributed by atoms with Gasteiger partial charge in [0, 0.05) is 26.2 Å². The predicted molar refractivity (Wildman–Crippen MR) is 79.5 cm³/mol. The van der Waals surface area contributed by atoms with Crippen molar-refractivity contribution in [1.29, 1.82) is 0 Å². The van der Waals surface area contributed by atoms with Gasteiger partial charge in [-0.25, -0.2) is 0 Å². The molecule has 2 rings (SSSR count). The number of nitrogens with zero attached hydrogens (tertiary/aromatic N) is 2. The van der Waals surface area contributed by atoms with E-state index < -0.39 is 0 Å². The summed E-state index contributed by atoms with van der Waals surface area (Å²) in [7, 11) is 2.16. The highest BCUT2D eigenvalue weighted by atomic mass is 16.3. The van der Waals surface area contributed by atoms with E-state index in [4.69, 9.17) is 0 Å². The van der Waals surface area contributed by atoms with Crippen LogP contribution in [0.25, 0.3) is 0 Å². The zero-order chi connectivity index (χ0) is 14.0. The summed E-state index contributed by atoms with van der Waals surface area (Å²) in [4.78, 5) is 4.76. The maximum atomic E-state index is 9.83. The Morgan fingerprint density at radius 3 is 2.26 bits per heavy atom. The molecule has 1 aromatic carbocycles. The van der Waals surface area contributed by atoms with E-state index in [-0.39, 0.29) is 12.6 Å². The topological polar surface area (TPSA) is 26.7 Å². The van der Waals surface area contributed by atoms with Crippen LogP contribution in [-0.4, -0.2) is 54.7 Å². The van der Waals surface area contributed by atoms with Crippen molar-refractivity contribution in [3.05, 3.63) is 34.4 Å². The summed E-state index contributed by atoms with van der Waals surface area (Å²) in [6, 6.07) is 4.51. The maximum Gasteiger partial charge on any atom is 0.0628 e. The molecule has 1 aliphatic heterocycles. The molecule has 1 atom stereocenters. The molecule has 19 heavy (non-hydrogen) atoms. The summed E-state index contributed by atoms with van der Waals surface area (Å²) in [5, 5.41) is 9.83. The van der Waals surface area contributed by atoms with Crippen LogP contribution in [0.4, 0.5) is 0 Å². The Kier molecular flexibility index (Phi) is 4.61. The average molecular weight is 262 g/mol. The Labute approximate surface area is 116 Å². The second-order valence-electron chi connectivity index (χ2n) is 5.76. The molecule has 1 heterocycles. The summed E-state index contributed by atoms with van der Waals surface area (Å²) >= 11 is 0. The van der Waals surface area contributed by atoms with Crippen molar-refractivity contribution in [2.45, 2.75) is 26.8 Å². The number of aliphatic hydroxyl groups excluding tert-OH is 1. The first kappa shape index (κ1) is 14.5. The molecular formula is C16H26N2O. The van der Waals surface area contributed by atoms with Crippen molar-refractivity contribution in [1.82, 2.24) is 9.80 Å². The first-order chi connectivity index (χ1) is 9.04. The Morgan fingerprint density at radius 1 is 1.05 bits per heavy atom. The molecule has 1 aliphatic rings. The molecule has 1 N–H and O–H groups in total. The zero-order valence-electron chi connectivity index (χ0n) is 12.6. The molecule has 0 amide bonds. The first-order valence-electron chi connectivity index (χ1n) is 7.14. The largest absolute Gasteiger partial charge is 0.394 e. The van der Waals surface area contributed by atoms with Gasteiger partial charge in [0.15, 0.2) is 0 Å². The number of aryl methyl sites for hydroxylation is 1. The molecule has 106 valence electrons. The zero-order valence-corrected chi connectivity index (χ0v) is 12.6. The van der Waals surface area contributed by atoms with Crippen LogP contribution in [-0.2, 0) is 0 Å². The minimum Gasteiger partial charge on any atom is -0.394 e. The molecule has 0 aromatic heterocycles. The van der Waals surface area contributed by atoms with Gasteiger partial charge in [0.2, 0.25) is 0 Å². The molecule has 3 nitrogen and oxygen atoms in total. The van der Waals surface area contributed by atoms with Crippen LogP contribution in [0.5, 0.6) is 0 Å². The Morgan fingerprint density at radius 2 is 1.68 bits per heavy atom. The molecule has 1 aromatic rings. The minimum atomic E-state index is 0.146. The third kappa shape index (κ3) is 2.99. The molecule has 1 unspecified atom stereocenters. The molecular weight excluding hydrogens is 236 g/mol. The van der Waals surface area contributed by atoms with Crippen LogP contribution < -0.4 is 0 Å². The highest BCUT2D eigenvalue weighted by Gasteiger charge is 2.24. The highest BCUT2D eigenvalue weighted by molar-refractivity contribution is 5.40. The van der Waals surface area contributed by atoms with Crippen molar-refractivity contribution in [3.8, 4) is 0 Å². The Balaban J connectivity index is 2.25. The van der Waals surface area contributed by atoms with Gasteiger partial charge in [-0.15, -0.1) is 0 Å². The van der Waals surface area contributed by atoms with Crippen molar-refractivity contribution < 1.29 is 5.11 Å². The Hall–Kier alpha value is -0.900. The number of likely N-dealkylation sites (N-methyl/N-ethyl adjacent to an activating group) is 1. The van der Waals surface area contributed by atoms with E-state index >= 15 is 0 Å². The first-order valence-corrected chi connectivity index (χ1v) is 7.14. The number of hydrogen-bond donors (Lipinski definition) is 1. The van der Waals surface area contributed by atoms with Gasteiger partial charge >= 0.3 is 0 Å². The summed E-state index contributed by atoms with van der Waals surface area (Å²) < 4.78 is 0. The van der Waals surface area contributed by atoms with Gasteiger partial charge in [-0.1, -0.05) is 12.1 Å². The standard InChI is InChI=1S/C16H26N2O/c1-12-5-6-15(14(3)13(12)2)16(11-19)18-9-7-17(4)8-10-18/h5-6,16,19H,7-11H2,1-4H3. The number of piperazine rings is 1. The number of hydrogen-bond acceptors (Lipinski definition) is 3. The van der Waals surface area contributed by atoms with Crippen LogP contribution in [0.15, 0.2) is 12.1 Å². The maximum absolute atomic E-state index is 9.83. The summed E-state index contributed by atoms with van der Waals surface area (Å²) in [5.41, 5.74) is 5.30. The van der Waals surface area contributed by atoms with E-state index in [0.717, 1.165) is 26.2 Å². The van der Waals surface area contributed by atoms with Gasteiger partial charge in [-0.05, 0) is 50.1 Å². The number of benzene rings is 1. The molecule has 1 saturated heterocycles.